The molecule has 0 atom stereocenters. The normalized spacial score (nSPS) is 10.9. The molecule has 0 fully saturated rings. The van der Waals surface area contributed by atoms with Gasteiger partial charge in [0.15, 0.2) is 10.2 Å². The molecule has 2 aromatic carbocycles. The van der Waals surface area contributed by atoms with E-state index in [-0.39, 0.29) is 18.1 Å². The molecule has 0 bridgehead atoms. The molecule has 0 unspecified atom stereocenters. The van der Waals surface area contributed by atoms with Crippen molar-refractivity contribution in [3.63, 3.8) is 0 Å². The van der Waals surface area contributed by atoms with Crippen LogP contribution in [0.2, 0.25) is 0 Å². The van der Waals surface area contributed by atoms with E-state index in [9.17, 15) is 9.18 Å². The molecule has 0 saturated carbocycles. The van der Waals surface area contributed by atoms with Gasteiger partial charge in [-0.15, -0.1) is 11.3 Å². The average molecular weight is 455 g/mol. The number of thiazole rings is 1. The van der Waals surface area contributed by atoms with Gasteiger partial charge in [-0.05, 0) is 43.3 Å². The Morgan fingerprint density at radius 1 is 1.13 bits per heavy atom. The molecule has 6 nitrogen and oxygen atoms in total. The first-order valence-corrected chi connectivity index (χ1v) is 11.4. The van der Waals surface area contributed by atoms with Gasteiger partial charge in [0.25, 0.3) is 0 Å². The van der Waals surface area contributed by atoms with Crippen molar-refractivity contribution in [3.05, 3.63) is 77.0 Å². The van der Waals surface area contributed by atoms with Crippen molar-refractivity contribution in [1.29, 1.82) is 0 Å². The predicted octanol–water partition coefficient (Wildman–Crippen LogP) is 5.50. The Morgan fingerprint density at radius 3 is 2.68 bits per heavy atom. The Morgan fingerprint density at radius 2 is 1.90 bits per heavy atom. The number of anilines is 1. The molecule has 0 spiro atoms. The number of hydrogen-bond donors (Lipinski definition) is 1. The number of nitrogens with one attached hydrogen (secondary N) is 1. The van der Waals surface area contributed by atoms with Crippen LogP contribution in [0, 0.1) is 12.7 Å². The van der Waals surface area contributed by atoms with Gasteiger partial charge in [-0.2, -0.15) is 4.98 Å². The molecule has 9 heteroatoms. The fourth-order valence-corrected chi connectivity index (χ4v) is 4.41. The zero-order valence-corrected chi connectivity index (χ0v) is 18.3. The standard InChI is InChI=1S/C22H19FN4O2S2/c1-14-2-8-17(9-3-14)24-20(28)10-11-21-26-19(27-29-21)13-31-22-25-18(12-30-22)15-4-6-16(23)7-5-15/h2-9,12H,10-11,13H2,1H3,(H,24,28). The first-order chi connectivity index (χ1) is 15.0. The molecule has 4 aromatic rings. The molecule has 4 rings (SSSR count). The lowest BCUT2D eigenvalue weighted by Gasteiger charge is -2.04. The van der Waals surface area contributed by atoms with E-state index in [0.29, 0.717) is 23.9 Å². The highest BCUT2D eigenvalue weighted by Crippen LogP contribution is 2.30. The lowest BCUT2D eigenvalue weighted by Crippen LogP contribution is -2.12. The smallest absolute Gasteiger partial charge is 0.227 e. The van der Waals surface area contributed by atoms with Crippen LogP contribution in [0.4, 0.5) is 10.1 Å². The second-order valence-corrected chi connectivity index (χ2v) is 8.89. The number of thioether (sulfide) groups is 1. The Balaban J connectivity index is 1.25. The molecule has 31 heavy (non-hydrogen) atoms. The molecule has 1 N–H and O–H groups in total. The zero-order valence-electron chi connectivity index (χ0n) is 16.7. The minimum absolute atomic E-state index is 0.103. The summed E-state index contributed by atoms with van der Waals surface area (Å²) in [5.74, 6) is 1.12. The first kappa shape index (κ1) is 21.2. The van der Waals surface area contributed by atoms with E-state index in [1.54, 1.807) is 12.1 Å². The fraction of sp³-hybridized carbons (Fsp3) is 0.182. The zero-order chi connectivity index (χ0) is 21.6. The minimum Gasteiger partial charge on any atom is -0.339 e. The fourth-order valence-electron chi connectivity index (χ4n) is 2.73. The Kier molecular flexibility index (Phi) is 6.73. The van der Waals surface area contributed by atoms with E-state index in [1.165, 1.54) is 35.2 Å². The number of benzene rings is 2. The van der Waals surface area contributed by atoms with Crippen LogP contribution in [0.1, 0.15) is 23.7 Å². The summed E-state index contributed by atoms with van der Waals surface area (Å²) in [6.07, 6.45) is 0.636. The van der Waals surface area contributed by atoms with E-state index in [4.69, 9.17) is 4.52 Å². The summed E-state index contributed by atoms with van der Waals surface area (Å²) in [5.41, 5.74) is 3.58. The summed E-state index contributed by atoms with van der Waals surface area (Å²) < 4.78 is 19.2. The number of amides is 1. The van der Waals surface area contributed by atoms with Gasteiger partial charge in [-0.1, -0.05) is 34.6 Å². The van der Waals surface area contributed by atoms with Crippen molar-refractivity contribution in [1.82, 2.24) is 15.1 Å². The summed E-state index contributed by atoms with van der Waals surface area (Å²) >= 11 is 3.01. The number of carbonyl (C=O) groups excluding carboxylic acids is 1. The van der Waals surface area contributed by atoms with Gasteiger partial charge >= 0.3 is 0 Å². The maximum absolute atomic E-state index is 13.1. The second kappa shape index (κ2) is 9.84. The van der Waals surface area contributed by atoms with Gasteiger partial charge in [-0.3, -0.25) is 4.79 Å². The summed E-state index contributed by atoms with van der Waals surface area (Å²) in [5, 5.41) is 8.76. The van der Waals surface area contributed by atoms with Gasteiger partial charge in [-0.25, -0.2) is 9.37 Å². The number of carbonyl (C=O) groups is 1. The molecule has 2 aromatic heterocycles. The SMILES string of the molecule is Cc1ccc(NC(=O)CCc2nc(CSc3nc(-c4ccc(F)cc4)cs3)no2)cc1. The second-order valence-electron chi connectivity index (χ2n) is 6.81. The Labute approximate surface area is 186 Å². The summed E-state index contributed by atoms with van der Waals surface area (Å²) in [4.78, 5) is 21.0. The first-order valence-electron chi connectivity index (χ1n) is 9.57. The van der Waals surface area contributed by atoms with E-state index in [0.717, 1.165) is 26.8 Å². The van der Waals surface area contributed by atoms with Crippen LogP contribution in [-0.4, -0.2) is 21.0 Å². The predicted molar refractivity (Wildman–Crippen MR) is 119 cm³/mol. The van der Waals surface area contributed by atoms with Crippen LogP contribution in [0.15, 0.2) is 62.8 Å². The largest absolute Gasteiger partial charge is 0.339 e. The average Bonchev–Trinajstić information content (AvgIpc) is 3.42. The highest BCUT2D eigenvalue weighted by atomic mass is 32.2. The van der Waals surface area contributed by atoms with Crippen molar-refractivity contribution in [3.8, 4) is 11.3 Å². The molecule has 0 aliphatic rings. The lowest BCUT2D eigenvalue weighted by molar-refractivity contribution is -0.116. The van der Waals surface area contributed by atoms with E-state index < -0.39 is 0 Å². The maximum atomic E-state index is 13.1. The highest BCUT2D eigenvalue weighted by molar-refractivity contribution is 8.00. The number of halogens is 1. The van der Waals surface area contributed by atoms with Gasteiger partial charge < -0.3 is 9.84 Å². The molecule has 1 amide bonds. The Hall–Kier alpha value is -3.04. The number of rotatable bonds is 8. The molecular weight excluding hydrogens is 435 g/mol. The number of nitrogens with zero attached hydrogens (tertiary/aromatic N) is 3. The molecule has 0 saturated heterocycles. The van der Waals surface area contributed by atoms with E-state index in [1.807, 2.05) is 36.6 Å². The van der Waals surface area contributed by atoms with Gasteiger partial charge in [0.2, 0.25) is 11.8 Å². The summed E-state index contributed by atoms with van der Waals surface area (Å²) in [6.45, 7) is 2.00. The number of aromatic nitrogens is 3. The van der Waals surface area contributed by atoms with Crippen molar-refractivity contribution in [2.75, 3.05) is 5.32 Å². The molecule has 0 aliphatic heterocycles. The van der Waals surface area contributed by atoms with Gasteiger partial charge in [0, 0.05) is 29.5 Å². The molecular formula is C22H19FN4O2S2. The van der Waals surface area contributed by atoms with Crippen molar-refractivity contribution in [2.24, 2.45) is 0 Å². The third-order valence-electron chi connectivity index (χ3n) is 4.36. The van der Waals surface area contributed by atoms with Gasteiger partial charge in [0.1, 0.15) is 5.82 Å². The van der Waals surface area contributed by atoms with Crippen LogP contribution in [0.3, 0.4) is 0 Å². The lowest BCUT2D eigenvalue weighted by atomic mass is 10.2. The van der Waals surface area contributed by atoms with Crippen molar-refractivity contribution in [2.45, 2.75) is 29.9 Å². The topological polar surface area (TPSA) is 80.9 Å². The highest BCUT2D eigenvalue weighted by Gasteiger charge is 2.12. The van der Waals surface area contributed by atoms with Gasteiger partial charge in [0.05, 0.1) is 11.4 Å². The van der Waals surface area contributed by atoms with Crippen LogP contribution in [0.25, 0.3) is 11.3 Å². The van der Waals surface area contributed by atoms with E-state index >= 15 is 0 Å². The monoisotopic (exact) mass is 454 g/mol. The molecule has 0 aliphatic carbocycles. The van der Waals surface area contributed by atoms with Crippen molar-refractivity contribution < 1.29 is 13.7 Å². The third-order valence-corrected chi connectivity index (χ3v) is 6.38. The quantitative estimate of drug-likeness (QED) is 0.354. The molecule has 158 valence electrons. The molecule has 0 radical (unpaired) electrons. The summed E-state index contributed by atoms with van der Waals surface area (Å²) in [6, 6.07) is 13.9. The van der Waals surface area contributed by atoms with Crippen molar-refractivity contribution >= 4 is 34.7 Å². The number of aryl methyl sites for hydroxylation is 2. The maximum Gasteiger partial charge on any atom is 0.227 e. The van der Waals surface area contributed by atoms with Crippen LogP contribution in [0.5, 0.6) is 0 Å². The summed E-state index contributed by atoms with van der Waals surface area (Å²) in [7, 11) is 0. The van der Waals surface area contributed by atoms with E-state index in [2.05, 4.69) is 20.4 Å². The third kappa shape index (κ3) is 5.99. The number of hydrogen-bond acceptors (Lipinski definition) is 7. The van der Waals surface area contributed by atoms with Crippen LogP contribution < -0.4 is 5.32 Å². The molecule has 2 heterocycles. The Bertz CT molecular complexity index is 1160. The minimum atomic E-state index is -0.269. The van der Waals surface area contributed by atoms with Crippen LogP contribution >= 0.6 is 23.1 Å². The van der Waals surface area contributed by atoms with Crippen LogP contribution in [-0.2, 0) is 17.0 Å².